The largest absolute Gasteiger partial charge is 0.368 e. The zero-order chi connectivity index (χ0) is 19.7. The van der Waals surface area contributed by atoms with Crippen molar-refractivity contribution in [3.05, 3.63) is 53.5 Å². The average molecular weight is 378 g/mol. The summed E-state index contributed by atoms with van der Waals surface area (Å²) in [5, 5.41) is 2.26. The third kappa shape index (κ3) is 3.53. The number of piperazine rings is 1. The molecule has 8 heteroatoms. The SMILES string of the molecule is Cc1ccc(N2CCN(c3nccc(/C=C4\C(=O)NC(=O)N4C)n3)CC2)cc1. The van der Waals surface area contributed by atoms with Crippen molar-refractivity contribution in [2.45, 2.75) is 6.92 Å². The van der Waals surface area contributed by atoms with Gasteiger partial charge in [0.15, 0.2) is 0 Å². The summed E-state index contributed by atoms with van der Waals surface area (Å²) in [6.45, 7) is 5.48. The van der Waals surface area contributed by atoms with Gasteiger partial charge in [-0.2, -0.15) is 0 Å². The number of rotatable bonds is 3. The number of urea groups is 1. The van der Waals surface area contributed by atoms with E-state index >= 15 is 0 Å². The molecule has 0 unspecified atom stereocenters. The number of aryl methyl sites for hydroxylation is 1. The third-order valence-electron chi connectivity index (χ3n) is 5.03. The number of likely N-dealkylation sites (N-methyl/N-ethyl adjacent to an activating group) is 1. The van der Waals surface area contributed by atoms with Crippen LogP contribution in [0.15, 0.2) is 42.2 Å². The number of hydrogen-bond donors (Lipinski definition) is 1. The molecule has 0 spiro atoms. The van der Waals surface area contributed by atoms with Gasteiger partial charge in [-0.05, 0) is 31.2 Å². The molecule has 0 aliphatic carbocycles. The highest BCUT2D eigenvalue weighted by Gasteiger charge is 2.30. The molecule has 1 aromatic heterocycles. The van der Waals surface area contributed by atoms with Crippen molar-refractivity contribution >= 4 is 29.7 Å². The van der Waals surface area contributed by atoms with E-state index in [1.54, 1.807) is 25.4 Å². The molecule has 0 saturated carbocycles. The Hall–Kier alpha value is -3.42. The normalized spacial score (nSPS) is 18.8. The number of carbonyl (C=O) groups excluding carboxylic acids is 2. The summed E-state index contributed by atoms with van der Waals surface area (Å²) >= 11 is 0. The van der Waals surface area contributed by atoms with Gasteiger partial charge in [0.05, 0.1) is 5.69 Å². The van der Waals surface area contributed by atoms with Gasteiger partial charge in [-0.1, -0.05) is 17.7 Å². The minimum absolute atomic E-state index is 0.277. The van der Waals surface area contributed by atoms with E-state index in [9.17, 15) is 9.59 Å². The highest BCUT2D eigenvalue weighted by molar-refractivity contribution is 6.13. The fourth-order valence-corrected chi connectivity index (χ4v) is 3.32. The first-order valence-electron chi connectivity index (χ1n) is 9.21. The smallest absolute Gasteiger partial charge is 0.328 e. The molecule has 0 atom stereocenters. The molecule has 8 nitrogen and oxygen atoms in total. The first-order valence-corrected chi connectivity index (χ1v) is 9.21. The van der Waals surface area contributed by atoms with E-state index in [4.69, 9.17) is 0 Å². The average Bonchev–Trinajstić information content (AvgIpc) is 2.95. The van der Waals surface area contributed by atoms with Crippen LogP contribution in [-0.2, 0) is 4.79 Å². The summed E-state index contributed by atoms with van der Waals surface area (Å²) in [5.41, 5.74) is 3.35. The van der Waals surface area contributed by atoms with Gasteiger partial charge in [0.2, 0.25) is 5.95 Å². The summed E-state index contributed by atoms with van der Waals surface area (Å²) in [5.74, 6) is 0.213. The molecule has 3 heterocycles. The predicted octanol–water partition coefficient (Wildman–Crippen LogP) is 1.63. The maximum atomic E-state index is 11.9. The van der Waals surface area contributed by atoms with Crippen molar-refractivity contribution in [1.82, 2.24) is 20.2 Å². The molecule has 0 bridgehead atoms. The van der Waals surface area contributed by atoms with E-state index in [2.05, 4.69) is 56.3 Å². The lowest BCUT2D eigenvalue weighted by Gasteiger charge is -2.36. The predicted molar refractivity (Wildman–Crippen MR) is 107 cm³/mol. The second kappa shape index (κ2) is 7.30. The Bertz CT molecular complexity index is 932. The van der Waals surface area contributed by atoms with E-state index in [0.29, 0.717) is 11.6 Å². The van der Waals surface area contributed by atoms with Crippen molar-refractivity contribution in [3.63, 3.8) is 0 Å². The second-order valence-electron chi connectivity index (χ2n) is 6.94. The van der Waals surface area contributed by atoms with Crippen LogP contribution >= 0.6 is 0 Å². The Morgan fingerprint density at radius 2 is 1.68 bits per heavy atom. The molecular weight excluding hydrogens is 356 g/mol. The lowest BCUT2D eigenvalue weighted by Crippen LogP contribution is -2.47. The first kappa shape index (κ1) is 18.0. The second-order valence-corrected chi connectivity index (χ2v) is 6.94. The topological polar surface area (TPSA) is 81.7 Å². The number of nitrogens with zero attached hydrogens (tertiary/aromatic N) is 5. The maximum absolute atomic E-state index is 11.9. The van der Waals surface area contributed by atoms with Crippen LogP contribution < -0.4 is 15.1 Å². The van der Waals surface area contributed by atoms with Gasteiger partial charge in [-0.15, -0.1) is 0 Å². The lowest BCUT2D eigenvalue weighted by molar-refractivity contribution is -0.115. The van der Waals surface area contributed by atoms with Crippen LogP contribution in [0.3, 0.4) is 0 Å². The van der Waals surface area contributed by atoms with Gasteiger partial charge in [-0.3, -0.25) is 15.0 Å². The molecule has 2 aliphatic rings. The third-order valence-corrected chi connectivity index (χ3v) is 5.03. The number of aromatic nitrogens is 2. The highest BCUT2D eigenvalue weighted by Crippen LogP contribution is 2.20. The number of hydrogen-bond acceptors (Lipinski definition) is 6. The van der Waals surface area contributed by atoms with Crippen LogP contribution in [0.4, 0.5) is 16.4 Å². The number of amides is 3. The van der Waals surface area contributed by atoms with Crippen LogP contribution in [0.1, 0.15) is 11.3 Å². The number of anilines is 2. The number of nitrogens with one attached hydrogen (secondary N) is 1. The van der Waals surface area contributed by atoms with Crippen molar-refractivity contribution in [1.29, 1.82) is 0 Å². The summed E-state index contributed by atoms with van der Waals surface area (Å²) < 4.78 is 0. The van der Waals surface area contributed by atoms with Gasteiger partial charge in [-0.25, -0.2) is 14.8 Å². The highest BCUT2D eigenvalue weighted by atomic mass is 16.2. The van der Waals surface area contributed by atoms with Crippen molar-refractivity contribution in [3.8, 4) is 0 Å². The molecule has 1 aromatic carbocycles. The Balaban J connectivity index is 1.46. The van der Waals surface area contributed by atoms with E-state index < -0.39 is 11.9 Å². The Morgan fingerprint density at radius 3 is 2.32 bits per heavy atom. The zero-order valence-corrected chi connectivity index (χ0v) is 15.9. The minimum Gasteiger partial charge on any atom is -0.368 e. The monoisotopic (exact) mass is 378 g/mol. The van der Waals surface area contributed by atoms with Gasteiger partial charge in [0, 0.05) is 45.1 Å². The van der Waals surface area contributed by atoms with Crippen molar-refractivity contribution in [2.75, 3.05) is 43.0 Å². The van der Waals surface area contributed by atoms with Gasteiger partial charge in [0.1, 0.15) is 5.70 Å². The van der Waals surface area contributed by atoms with Crippen LogP contribution in [0.25, 0.3) is 6.08 Å². The fraction of sp³-hybridized carbons (Fsp3) is 0.300. The molecule has 0 radical (unpaired) electrons. The summed E-state index contributed by atoms with van der Waals surface area (Å²) in [4.78, 5) is 38.2. The van der Waals surface area contributed by atoms with E-state index in [0.717, 1.165) is 26.2 Å². The minimum atomic E-state index is -0.433. The molecule has 144 valence electrons. The van der Waals surface area contributed by atoms with E-state index in [1.807, 2.05) is 0 Å². The summed E-state index contributed by atoms with van der Waals surface area (Å²) in [6, 6.07) is 9.85. The van der Waals surface area contributed by atoms with Gasteiger partial charge in [0.25, 0.3) is 5.91 Å². The Labute approximate surface area is 163 Å². The quantitative estimate of drug-likeness (QED) is 0.646. The molecule has 2 fully saturated rings. The first-order chi connectivity index (χ1) is 13.5. The van der Waals surface area contributed by atoms with Gasteiger partial charge < -0.3 is 9.80 Å². The van der Waals surface area contributed by atoms with Crippen LogP contribution in [0.2, 0.25) is 0 Å². The van der Waals surface area contributed by atoms with Crippen LogP contribution in [0, 0.1) is 6.92 Å². The maximum Gasteiger partial charge on any atom is 0.328 e. The summed E-state index contributed by atoms with van der Waals surface area (Å²) in [7, 11) is 1.55. The lowest BCUT2D eigenvalue weighted by atomic mass is 10.2. The standard InChI is InChI=1S/C20H22N6O2/c1-14-3-5-16(6-4-14)25-9-11-26(12-10-25)19-21-8-7-15(22-19)13-17-18(27)23-20(28)24(17)2/h3-8,13H,9-12H2,1-2H3,(H,23,27,28)/b17-13+. The van der Waals surface area contributed by atoms with Crippen LogP contribution in [-0.4, -0.2) is 60.0 Å². The molecular formula is C20H22N6O2. The number of carbonyl (C=O) groups is 2. The Kier molecular flexibility index (Phi) is 4.68. The molecule has 2 aliphatic heterocycles. The number of imide groups is 1. The van der Waals surface area contributed by atoms with E-state index in [1.165, 1.54) is 16.2 Å². The molecule has 2 aromatic rings. The van der Waals surface area contributed by atoms with Crippen LogP contribution in [0.5, 0.6) is 0 Å². The van der Waals surface area contributed by atoms with Crippen molar-refractivity contribution < 1.29 is 9.59 Å². The molecule has 1 N–H and O–H groups in total. The van der Waals surface area contributed by atoms with Gasteiger partial charge >= 0.3 is 6.03 Å². The fourth-order valence-electron chi connectivity index (χ4n) is 3.32. The molecule has 28 heavy (non-hydrogen) atoms. The zero-order valence-electron chi connectivity index (χ0n) is 15.9. The van der Waals surface area contributed by atoms with E-state index in [-0.39, 0.29) is 5.70 Å². The Morgan fingerprint density at radius 1 is 1.00 bits per heavy atom. The molecule has 4 rings (SSSR count). The molecule has 3 amide bonds. The van der Waals surface area contributed by atoms with Crippen molar-refractivity contribution in [2.24, 2.45) is 0 Å². The molecule has 2 saturated heterocycles. The summed E-state index contributed by atoms with van der Waals surface area (Å²) in [6.07, 6.45) is 3.28. The number of benzene rings is 1.